The highest BCUT2D eigenvalue weighted by Crippen LogP contribution is 2.23. The van der Waals surface area contributed by atoms with Crippen LogP contribution >= 0.6 is 0 Å². The van der Waals surface area contributed by atoms with Crippen LogP contribution < -0.4 is 11.1 Å². The number of rotatable bonds is 6. The maximum Gasteiger partial charge on any atom is 0.326 e. The van der Waals surface area contributed by atoms with Gasteiger partial charge in [0, 0.05) is 5.56 Å². The molecule has 2 amide bonds. The summed E-state index contributed by atoms with van der Waals surface area (Å²) in [6, 6.07) is 2.53. The molecule has 1 aromatic rings. The van der Waals surface area contributed by atoms with Gasteiger partial charge in [-0.2, -0.15) is 0 Å². The Kier molecular flexibility index (Phi) is 4.95. The summed E-state index contributed by atoms with van der Waals surface area (Å²) in [5.74, 6) is -3.34. The maximum absolute atomic E-state index is 12.0. The molecular weight excluding hydrogens is 282 g/mol. The lowest BCUT2D eigenvalue weighted by Gasteiger charge is -2.13. The largest absolute Gasteiger partial charge is 0.480 e. The number of aryl methyl sites for hydroxylation is 1. The van der Waals surface area contributed by atoms with Gasteiger partial charge in [0.15, 0.2) is 0 Å². The van der Waals surface area contributed by atoms with E-state index in [4.69, 9.17) is 10.8 Å². The molecule has 9 heteroatoms. The Morgan fingerprint density at radius 3 is 2.52 bits per heavy atom. The van der Waals surface area contributed by atoms with E-state index in [1.807, 2.05) is 5.32 Å². The molecule has 4 N–H and O–H groups in total. The van der Waals surface area contributed by atoms with Gasteiger partial charge in [-0.25, -0.2) is 4.79 Å². The van der Waals surface area contributed by atoms with Gasteiger partial charge in [-0.05, 0) is 13.0 Å². The molecule has 21 heavy (non-hydrogen) atoms. The third-order valence-electron chi connectivity index (χ3n) is 2.67. The number of aliphatic carboxylic acids is 1. The van der Waals surface area contributed by atoms with Crippen LogP contribution in [0, 0.1) is 17.0 Å². The maximum atomic E-state index is 12.0. The molecular formula is C12H13N3O6. The van der Waals surface area contributed by atoms with Gasteiger partial charge < -0.3 is 16.2 Å². The fraction of sp³-hybridized carbons (Fsp3) is 0.250. The summed E-state index contributed by atoms with van der Waals surface area (Å²) in [5, 5.41) is 21.9. The normalized spacial score (nSPS) is 11.5. The molecule has 112 valence electrons. The molecule has 0 unspecified atom stereocenters. The number of carbonyl (C=O) groups excluding carboxylic acids is 2. The van der Waals surface area contributed by atoms with E-state index in [2.05, 4.69) is 0 Å². The highest BCUT2D eigenvalue weighted by molar-refractivity contribution is 6.01. The lowest BCUT2D eigenvalue weighted by Crippen LogP contribution is -2.43. The fourth-order valence-electron chi connectivity index (χ4n) is 1.72. The van der Waals surface area contributed by atoms with Crippen molar-refractivity contribution in [2.45, 2.75) is 19.4 Å². The number of hydrogen-bond donors (Lipinski definition) is 3. The van der Waals surface area contributed by atoms with Crippen LogP contribution in [0.5, 0.6) is 0 Å². The van der Waals surface area contributed by atoms with Crippen molar-refractivity contribution in [1.82, 2.24) is 5.32 Å². The molecule has 0 saturated heterocycles. The van der Waals surface area contributed by atoms with Crippen molar-refractivity contribution in [2.24, 2.45) is 5.73 Å². The number of carbonyl (C=O) groups is 3. The van der Waals surface area contributed by atoms with Crippen molar-refractivity contribution in [1.29, 1.82) is 0 Å². The number of para-hydroxylation sites is 1. The molecule has 0 spiro atoms. The number of carboxylic acid groups (broad SMARTS) is 1. The van der Waals surface area contributed by atoms with E-state index in [1.165, 1.54) is 25.1 Å². The second kappa shape index (κ2) is 6.46. The van der Waals surface area contributed by atoms with Crippen molar-refractivity contribution >= 4 is 23.5 Å². The van der Waals surface area contributed by atoms with E-state index in [-0.39, 0.29) is 11.1 Å². The summed E-state index contributed by atoms with van der Waals surface area (Å²) >= 11 is 0. The monoisotopic (exact) mass is 295 g/mol. The predicted molar refractivity (Wildman–Crippen MR) is 70.5 cm³/mol. The van der Waals surface area contributed by atoms with Crippen LogP contribution in [0.3, 0.4) is 0 Å². The molecule has 0 heterocycles. The van der Waals surface area contributed by atoms with Crippen LogP contribution in [0.4, 0.5) is 5.69 Å². The van der Waals surface area contributed by atoms with Gasteiger partial charge in [0.1, 0.15) is 11.6 Å². The number of benzene rings is 1. The molecule has 1 rings (SSSR count). The summed E-state index contributed by atoms with van der Waals surface area (Å²) in [6.45, 7) is 1.45. The van der Waals surface area contributed by atoms with E-state index in [0.29, 0.717) is 0 Å². The third-order valence-corrected chi connectivity index (χ3v) is 2.67. The standard InChI is InChI=1S/C12H13N3O6/c1-6-3-2-4-7(10(6)15(20)21)11(17)14-8(12(18)19)5-9(13)16/h2-4,8H,5H2,1H3,(H2,13,16)(H,14,17)(H,18,19)/t8-/m0/s1. The van der Waals surface area contributed by atoms with Crippen LogP contribution in [-0.2, 0) is 9.59 Å². The number of nitrogens with one attached hydrogen (secondary N) is 1. The van der Waals surface area contributed by atoms with E-state index in [0.717, 1.165) is 0 Å². The van der Waals surface area contributed by atoms with Gasteiger partial charge in [-0.3, -0.25) is 19.7 Å². The number of nitro groups is 1. The van der Waals surface area contributed by atoms with Crippen molar-refractivity contribution in [2.75, 3.05) is 0 Å². The van der Waals surface area contributed by atoms with Gasteiger partial charge in [-0.15, -0.1) is 0 Å². The quantitative estimate of drug-likeness (QED) is 0.494. The number of amides is 2. The Morgan fingerprint density at radius 2 is 2.05 bits per heavy atom. The highest BCUT2D eigenvalue weighted by atomic mass is 16.6. The molecule has 0 aliphatic heterocycles. The average molecular weight is 295 g/mol. The second-order valence-electron chi connectivity index (χ2n) is 4.26. The number of nitrogens with two attached hydrogens (primary N) is 1. The van der Waals surface area contributed by atoms with Gasteiger partial charge in [0.25, 0.3) is 11.6 Å². The smallest absolute Gasteiger partial charge is 0.326 e. The first-order valence-corrected chi connectivity index (χ1v) is 5.80. The molecule has 0 aliphatic carbocycles. The van der Waals surface area contributed by atoms with Gasteiger partial charge >= 0.3 is 5.97 Å². The summed E-state index contributed by atoms with van der Waals surface area (Å²) in [7, 11) is 0. The molecule has 1 atom stereocenters. The molecule has 0 radical (unpaired) electrons. The molecule has 0 bridgehead atoms. The Balaban J connectivity index is 3.09. The molecule has 9 nitrogen and oxygen atoms in total. The minimum absolute atomic E-state index is 0.259. The number of nitro benzene ring substituents is 1. The average Bonchev–Trinajstić information content (AvgIpc) is 2.36. The van der Waals surface area contributed by atoms with E-state index in [1.54, 1.807) is 0 Å². The summed E-state index contributed by atoms with van der Waals surface area (Å²) in [4.78, 5) is 43.9. The van der Waals surface area contributed by atoms with Crippen LogP contribution in [-0.4, -0.2) is 33.9 Å². The Hall–Kier alpha value is -2.97. The van der Waals surface area contributed by atoms with Crippen molar-refractivity contribution in [3.63, 3.8) is 0 Å². The lowest BCUT2D eigenvalue weighted by molar-refractivity contribution is -0.385. The van der Waals surface area contributed by atoms with Crippen LogP contribution in [0.2, 0.25) is 0 Å². The van der Waals surface area contributed by atoms with Gasteiger partial charge in [-0.1, -0.05) is 12.1 Å². The topological polar surface area (TPSA) is 153 Å². The Morgan fingerprint density at radius 1 is 1.43 bits per heavy atom. The summed E-state index contributed by atoms with van der Waals surface area (Å²) < 4.78 is 0. The predicted octanol–water partition coefficient (Wildman–Crippen LogP) is -0.0384. The molecule has 0 aromatic heterocycles. The number of carboxylic acids is 1. The molecule has 1 aromatic carbocycles. The highest BCUT2D eigenvalue weighted by Gasteiger charge is 2.27. The third kappa shape index (κ3) is 4.00. The minimum atomic E-state index is -1.55. The first-order chi connectivity index (χ1) is 9.73. The zero-order valence-electron chi connectivity index (χ0n) is 11.0. The minimum Gasteiger partial charge on any atom is -0.480 e. The second-order valence-corrected chi connectivity index (χ2v) is 4.26. The first-order valence-electron chi connectivity index (χ1n) is 5.80. The van der Waals surface area contributed by atoms with Crippen LogP contribution in [0.1, 0.15) is 22.3 Å². The number of primary amides is 1. The zero-order chi connectivity index (χ0) is 16.2. The zero-order valence-corrected chi connectivity index (χ0v) is 11.0. The van der Waals surface area contributed by atoms with Crippen LogP contribution in [0.15, 0.2) is 18.2 Å². The molecule has 0 fully saturated rings. The van der Waals surface area contributed by atoms with Crippen molar-refractivity contribution < 1.29 is 24.4 Å². The van der Waals surface area contributed by atoms with Crippen LogP contribution in [0.25, 0.3) is 0 Å². The fourth-order valence-corrected chi connectivity index (χ4v) is 1.72. The number of nitrogens with zero attached hydrogens (tertiary/aromatic N) is 1. The molecule has 0 saturated carbocycles. The Labute approximate surface area is 118 Å². The summed E-state index contributed by atoms with van der Waals surface area (Å²) in [6.07, 6.45) is -0.610. The van der Waals surface area contributed by atoms with Gasteiger partial charge in [0.2, 0.25) is 5.91 Å². The van der Waals surface area contributed by atoms with E-state index in [9.17, 15) is 24.5 Å². The van der Waals surface area contributed by atoms with Crippen molar-refractivity contribution in [3.05, 3.63) is 39.4 Å². The SMILES string of the molecule is Cc1cccc(C(=O)N[C@@H](CC(N)=O)C(=O)O)c1[N+](=O)[O-]. The lowest BCUT2D eigenvalue weighted by atomic mass is 10.1. The van der Waals surface area contributed by atoms with E-state index < -0.39 is 40.9 Å². The van der Waals surface area contributed by atoms with E-state index >= 15 is 0 Å². The summed E-state index contributed by atoms with van der Waals surface area (Å²) in [5.41, 5.74) is 4.44. The van der Waals surface area contributed by atoms with Gasteiger partial charge in [0.05, 0.1) is 11.3 Å². The number of hydrogen-bond acceptors (Lipinski definition) is 5. The first kappa shape index (κ1) is 16.1. The Bertz CT molecular complexity index is 613. The molecule has 0 aliphatic rings. The van der Waals surface area contributed by atoms with Crippen molar-refractivity contribution in [3.8, 4) is 0 Å².